The highest BCUT2D eigenvalue weighted by molar-refractivity contribution is 6.31. The smallest absolute Gasteiger partial charge is 0.228 e. The molecular formula is C13H12Cl2N2O. The molecule has 0 aliphatic carbocycles. The lowest BCUT2D eigenvalue weighted by Crippen LogP contribution is -1.97. The number of aromatic nitrogens is 2. The summed E-state index contributed by atoms with van der Waals surface area (Å²) in [6.07, 6.45) is 2.24. The van der Waals surface area contributed by atoms with Crippen LogP contribution in [0.15, 0.2) is 30.6 Å². The average molecular weight is 283 g/mol. The van der Waals surface area contributed by atoms with Crippen molar-refractivity contribution >= 4 is 23.2 Å². The van der Waals surface area contributed by atoms with Crippen LogP contribution in [-0.2, 0) is 12.3 Å². The number of alkyl halides is 1. The Labute approximate surface area is 116 Å². The Kier molecular flexibility index (Phi) is 4.39. The largest absolute Gasteiger partial charge is 0.438 e. The van der Waals surface area contributed by atoms with E-state index < -0.39 is 0 Å². The van der Waals surface area contributed by atoms with E-state index in [9.17, 15) is 0 Å². The van der Waals surface area contributed by atoms with E-state index in [0.717, 1.165) is 17.7 Å². The number of aryl methyl sites for hydroxylation is 1. The van der Waals surface area contributed by atoms with Crippen LogP contribution >= 0.6 is 23.2 Å². The van der Waals surface area contributed by atoms with Gasteiger partial charge in [-0.15, -0.1) is 11.6 Å². The maximum atomic E-state index is 5.95. The topological polar surface area (TPSA) is 35.0 Å². The lowest BCUT2D eigenvalue weighted by atomic mass is 10.1. The van der Waals surface area contributed by atoms with Crippen LogP contribution in [0.2, 0.25) is 5.15 Å². The fraction of sp³-hybridized carbons (Fsp3) is 0.231. The van der Waals surface area contributed by atoms with Crippen molar-refractivity contribution in [2.24, 2.45) is 0 Å². The number of rotatable bonds is 4. The summed E-state index contributed by atoms with van der Waals surface area (Å²) in [5.74, 6) is 1.38. The van der Waals surface area contributed by atoms with Gasteiger partial charge in [0.25, 0.3) is 0 Å². The van der Waals surface area contributed by atoms with E-state index >= 15 is 0 Å². The fourth-order valence-electron chi connectivity index (χ4n) is 1.58. The van der Waals surface area contributed by atoms with E-state index in [-0.39, 0.29) is 5.88 Å². The summed E-state index contributed by atoms with van der Waals surface area (Å²) in [6, 6.07) is 7.80. The number of para-hydroxylation sites is 1. The van der Waals surface area contributed by atoms with Gasteiger partial charge in [0.15, 0.2) is 0 Å². The number of ether oxygens (including phenoxy) is 1. The van der Waals surface area contributed by atoms with Crippen LogP contribution in [0, 0.1) is 0 Å². The Hall–Kier alpha value is -1.32. The standard InChI is InChI=1S/C13H12Cl2N2O/c1-2-9-5-3-4-6-11(9)18-13-10(7-14)12(15)16-8-17-13/h3-6,8H,2,7H2,1H3. The lowest BCUT2D eigenvalue weighted by molar-refractivity contribution is 0.451. The van der Waals surface area contributed by atoms with Crippen molar-refractivity contribution in [3.8, 4) is 11.6 Å². The molecule has 18 heavy (non-hydrogen) atoms. The minimum absolute atomic E-state index is 0.212. The second kappa shape index (κ2) is 6.03. The van der Waals surface area contributed by atoms with Gasteiger partial charge in [-0.1, -0.05) is 36.7 Å². The molecule has 0 atom stereocenters. The van der Waals surface area contributed by atoms with Crippen molar-refractivity contribution in [3.63, 3.8) is 0 Å². The summed E-state index contributed by atoms with van der Waals surface area (Å²) >= 11 is 11.8. The van der Waals surface area contributed by atoms with Crippen LogP contribution in [0.1, 0.15) is 18.1 Å². The van der Waals surface area contributed by atoms with E-state index in [2.05, 4.69) is 16.9 Å². The molecule has 2 rings (SSSR count). The van der Waals surface area contributed by atoms with Gasteiger partial charge in [0.2, 0.25) is 5.88 Å². The first-order valence-corrected chi connectivity index (χ1v) is 6.48. The molecule has 0 radical (unpaired) electrons. The van der Waals surface area contributed by atoms with Crippen molar-refractivity contribution in [1.82, 2.24) is 9.97 Å². The first-order valence-electron chi connectivity index (χ1n) is 5.57. The molecule has 0 unspecified atom stereocenters. The van der Waals surface area contributed by atoms with Crippen LogP contribution < -0.4 is 4.74 Å². The molecule has 0 aliphatic heterocycles. The molecule has 0 spiro atoms. The first kappa shape index (κ1) is 13.1. The second-order valence-corrected chi connectivity index (χ2v) is 4.27. The van der Waals surface area contributed by atoms with Crippen molar-refractivity contribution < 1.29 is 4.74 Å². The Morgan fingerprint density at radius 1 is 1.22 bits per heavy atom. The van der Waals surface area contributed by atoms with E-state index in [1.54, 1.807) is 0 Å². The highest BCUT2D eigenvalue weighted by Gasteiger charge is 2.12. The quantitative estimate of drug-likeness (QED) is 0.622. The van der Waals surface area contributed by atoms with Gasteiger partial charge in [-0.25, -0.2) is 9.97 Å². The zero-order valence-electron chi connectivity index (χ0n) is 9.86. The average Bonchev–Trinajstić information content (AvgIpc) is 2.40. The van der Waals surface area contributed by atoms with Gasteiger partial charge in [-0.05, 0) is 18.1 Å². The zero-order chi connectivity index (χ0) is 13.0. The fourth-order valence-corrected chi connectivity index (χ4v) is 2.08. The Bertz CT molecular complexity index is 546. The van der Waals surface area contributed by atoms with Crippen LogP contribution in [0.25, 0.3) is 0 Å². The highest BCUT2D eigenvalue weighted by atomic mass is 35.5. The molecular weight excluding hydrogens is 271 g/mol. The summed E-state index contributed by atoms with van der Waals surface area (Å²) in [5, 5.41) is 0.323. The molecule has 5 heteroatoms. The lowest BCUT2D eigenvalue weighted by Gasteiger charge is -2.11. The van der Waals surface area contributed by atoms with Gasteiger partial charge in [-0.2, -0.15) is 0 Å². The van der Waals surface area contributed by atoms with E-state index in [4.69, 9.17) is 27.9 Å². The van der Waals surface area contributed by atoms with E-state index in [0.29, 0.717) is 16.6 Å². The molecule has 0 saturated carbocycles. The third kappa shape index (κ3) is 2.74. The van der Waals surface area contributed by atoms with E-state index in [1.165, 1.54) is 6.33 Å². The van der Waals surface area contributed by atoms with Crippen molar-refractivity contribution in [2.45, 2.75) is 19.2 Å². The third-order valence-electron chi connectivity index (χ3n) is 2.55. The van der Waals surface area contributed by atoms with E-state index in [1.807, 2.05) is 24.3 Å². The van der Waals surface area contributed by atoms with Gasteiger partial charge in [0.05, 0.1) is 11.4 Å². The molecule has 0 amide bonds. The van der Waals surface area contributed by atoms with Gasteiger partial charge in [0, 0.05) is 0 Å². The molecule has 1 heterocycles. The molecule has 0 saturated heterocycles. The number of hydrogen-bond donors (Lipinski definition) is 0. The van der Waals surface area contributed by atoms with Gasteiger partial charge < -0.3 is 4.74 Å². The van der Waals surface area contributed by atoms with Crippen LogP contribution in [0.4, 0.5) is 0 Å². The predicted molar refractivity (Wildman–Crippen MR) is 72.5 cm³/mol. The third-order valence-corrected chi connectivity index (χ3v) is 3.14. The highest BCUT2D eigenvalue weighted by Crippen LogP contribution is 2.30. The predicted octanol–water partition coefficient (Wildman–Crippen LogP) is 4.22. The minimum atomic E-state index is 0.212. The SMILES string of the molecule is CCc1ccccc1Oc1ncnc(Cl)c1CCl. The summed E-state index contributed by atoms with van der Waals surface area (Å²) in [5.41, 5.74) is 1.71. The summed E-state index contributed by atoms with van der Waals surface area (Å²) in [6.45, 7) is 2.07. The molecule has 0 aliphatic rings. The van der Waals surface area contributed by atoms with Gasteiger partial charge in [0.1, 0.15) is 17.2 Å². The molecule has 0 fully saturated rings. The van der Waals surface area contributed by atoms with Crippen LogP contribution in [0.3, 0.4) is 0 Å². The molecule has 0 bridgehead atoms. The van der Waals surface area contributed by atoms with Crippen molar-refractivity contribution in [2.75, 3.05) is 0 Å². The molecule has 1 aromatic heterocycles. The van der Waals surface area contributed by atoms with Gasteiger partial charge >= 0.3 is 0 Å². The number of nitrogens with zero attached hydrogens (tertiary/aromatic N) is 2. The number of hydrogen-bond acceptors (Lipinski definition) is 3. The molecule has 3 nitrogen and oxygen atoms in total. The Morgan fingerprint density at radius 3 is 2.72 bits per heavy atom. The first-order chi connectivity index (χ1) is 8.76. The Balaban J connectivity index is 2.37. The molecule has 1 aromatic carbocycles. The molecule has 94 valence electrons. The Morgan fingerprint density at radius 2 is 2.00 bits per heavy atom. The van der Waals surface area contributed by atoms with Crippen LogP contribution in [-0.4, -0.2) is 9.97 Å². The maximum Gasteiger partial charge on any atom is 0.228 e. The summed E-state index contributed by atoms with van der Waals surface area (Å²) in [7, 11) is 0. The normalized spacial score (nSPS) is 10.4. The monoisotopic (exact) mass is 282 g/mol. The maximum absolute atomic E-state index is 5.95. The second-order valence-electron chi connectivity index (χ2n) is 3.65. The molecule has 0 N–H and O–H groups in total. The zero-order valence-corrected chi connectivity index (χ0v) is 11.4. The van der Waals surface area contributed by atoms with Crippen molar-refractivity contribution in [3.05, 3.63) is 46.9 Å². The minimum Gasteiger partial charge on any atom is -0.438 e. The number of halogens is 2. The summed E-state index contributed by atoms with van der Waals surface area (Å²) < 4.78 is 5.78. The molecule has 2 aromatic rings. The van der Waals surface area contributed by atoms with Crippen LogP contribution in [0.5, 0.6) is 11.6 Å². The van der Waals surface area contributed by atoms with Gasteiger partial charge in [-0.3, -0.25) is 0 Å². The van der Waals surface area contributed by atoms with Crippen molar-refractivity contribution in [1.29, 1.82) is 0 Å². The number of benzene rings is 1. The summed E-state index contributed by atoms with van der Waals surface area (Å²) in [4.78, 5) is 7.96.